The van der Waals surface area contributed by atoms with Crippen molar-refractivity contribution in [2.45, 2.75) is 17.7 Å². The molecule has 3 rings (SSSR count). The second kappa shape index (κ2) is 7.75. The average molecular weight is 335 g/mol. The fourth-order valence-electron chi connectivity index (χ4n) is 2.08. The Hall–Kier alpha value is -2.66. The summed E-state index contributed by atoms with van der Waals surface area (Å²) in [6.45, 7) is 2.07. The molecule has 0 saturated carbocycles. The Morgan fingerprint density at radius 3 is 2.38 bits per heavy atom. The van der Waals surface area contributed by atoms with Crippen molar-refractivity contribution in [3.63, 3.8) is 0 Å². The first-order chi connectivity index (χ1) is 11.7. The third-order valence-corrected chi connectivity index (χ3v) is 4.42. The molecular formula is C19H17N3OS. The smallest absolute Gasteiger partial charge is 0.256 e. The van der Waals surface area contributed by atoms with E-state index in [4.69, 9.17) is 0 Å². The molecule has 1 amide bonds. The van der Waals surface area contributed by atoms with Crippen LogP contribution in [0.5, 0.6) is 0 Å². The number of thioether (sulfide) groups is 1. The molecule has 4 nitrogen and oxygen atoms in total. The lowest BCUT2D eigenvalue weighted by atomic mass is 10.2. The number of amides is 1. The number of nitrogens with zero attached hydrogens (tertiary/aromatic N) is 2. The Labute approximate surface area is 145 Å². The zero-order chi connectivity index (χ0) is 16.8. The fraction of sp³-hybridized carbons (Fsp3) is 0.105. The van der Waals surface area contributed by atoms with Crippen LogP contribution in [0.3, 0.4) is 0 Å². The monoisotopic (exact) mass is 335 g/mol. The van der Waals surface area contributed by atoms with Gasteiger partial charge in [-0.25, -0.2) is 0 Å². The Morgan fingerprint density at radius 2 is 1.71 bits per heavy atom. The van der Waals surface area contributed by atoms with E-state index in [1.165, 1.54) is 11.1 Å². The normalized spacial score (nSPS) is 10.4. The number of hydrogen-bond donors (Lipinski definition) is 1. The number of carbonyl (C=O) groups excluding carboxylic acids is 1. The molecule has 2 aromatic carbocycles. The summed E-state index contributed by atoms with van der Waals surface area (Å²) in [5, 5.41) is 11.8. The highest BCUT2D eigenvalue weighted by Crippen LogP contribution is 2.21. The number of rotatable bonds is 5. The Morgan fingerprint density at radius 1 is 0.958 bits per heavy atom. The van der Waals surface area contributed by atoms with Crippen LogP contribution in [0, 0.1) is 6.92 Å². The minimum Gasteiger partial charge on any atom is -0.305 e. The van der Waals surface area contributed by atoms with Gasteiger partial charge in [-0.2, -0.15) is 0 Å². The largest absolute Gasteiger partial charge is 0.305 e. The van der Waals surface area contributed by atoms with Gasteiger partial charge in [-0.1, -0.05) is 59.8 Å². The molecule has 0 unspecified atom stereocenters. The molecule has 3 aromatic rings. The van der Waals surface area contributed by atoms with Gasteiger partial charge in [-0.15, -0.1) is 10.2 Å². The van der Waals surface area contributed by atoms with E-state index in [2.05, 4.69) is 46.7 Å². The lowest BCUT2D eigenvalue weighted by Crippen LogP contribution is -2.13. The van der Waals surface area contributed by atoms with Crippen molar-refractivity contribution in [3.8, 4) is 0 Å². The molecule has 1 N–H and O–H groups in total. The number of carbonyl (C=O) groups is 1. The van der Waals surface area contributed by atoms with Crippen molar-refractivity contribution < 1.29 is 4.79 Å². The standard InChI is InChI=1S/C19H17N3OS/c1-14-7-9-15(10-8-14)13-24-18-12-11-17(21-22-18)20-19(23)16-5-3-2-4-6-16/h2-12H,13H2,1H3,(H,20,21,23). The molecule has 0 aliphatic heterocycles. The van der Waals surface area contributed by atoms with E-state index in [0.717, 1.165) is 10.8 Å². The minimum atomic E-state index is -0.190. The zero-order valence-electron chi connectivity index (χ0n) is 13.3. The van der Waals surface area contributed by atoms with E-state index in [1.54, 1.807) is 30.0 Å². The van der Waals surface area contributed by atoms with Gasteiger partial charge in [0.2, 0.25) is 0 Å². The van der Waals surface area contributed by atoms with Gasteiger partial charge < -0.3 is 5.32 Å². The van der Waals surface area contributed by atoms with E-state index >= 15 is 0 Å². The van der Waals surface area contributed by atoms with Crippen LogP contribution >= 0.6 is 11.8 Å². The van der Waals surface area contributed by atoms with Crippen molar-refractivity contribution in [1.29, 1.82) is 0 Å². The van der Waals surface area contributed by atoms with Gasteiger partial charge in [0.05, 0.1) is 0 Å². The van der Waals surface area contributed by atoms with Crippen LogP contribution in [0.15, 0.2) is 71.8 Å². The van der Waals surface area contributed by atoms with E-state index in [-0.39, 0.29) is 5.91 Å². The SMILES string of the molecule is Cc1ccc(CSc2ccc(NC(=O)c3ccccc3)nn2)cc1. The number of aryl methyl sites for hydroxylation is 1. The predicted molar refractivity (Wildman–Crippen MR) is 97.2 cm³/mol. The van der Waals surface area contributed by atoms with Crippen molar-refractivity contribution in [1.82, 2.24) is 10.2 Å². The maximum absolute atomic E-state index is 12.1. The summed E-state index contributed by atoms with van der Waals surface area (Å²) in [4.78, 5) is 12.1. The van der Waals surface area contributed by atoms with Gasteiger partial charge in [0.15, 0.2) is 5.82 Å². The highest BCUT2D eigenvalue weighted by molar-refractivity contribution is 7.98. The summed E-state index contributed by atoms with van der Waals surface area (Å²) in [6.07, 6.45) is 0. The minimum absolute atomic E-state index is 0.190. The molecule has 24 heavy (non-hydrogen) atoms. The summed E-state index contributed by atoms with van der Waals surface area (Å²) in [6, 6.07) is 21.1. The summed E-state index contributed by atoms with van der Waals surface area (Å²) in [5.41, 5.74) is 3.09. The summed E-state index contributed by atoms with van der Waals surface area (Å²) >= 11 is 1.62. The van der Waals surface area contributed by atoms with Gasteiger partial charge in [-0.3, -0.25) is 4.79 Å². The van der Waals surface area contributed by atoms with Crippen LogP contribution in [0.2, 0.25) is 0 Å². The number of benzene rings is 2. The van der Waals surface area contributed by atoms with Gasteiger partial charge >= 0.3 is 0 Å². The Kier molecular flexibility index (Phi) is 5.23. The molecule has 0 atom stereocenters. The van der Waals surface area contributed by atoms with Crippen LogP contribution in [0.4, 0.5) is 5.82 Å². The highest BCUT2D eigenvalue weighted by atomic mass is 32.2. The Balaban J connectivity index is 1.57. The lowest BCUT2D eigenvalue weighted by Gasteiger charge is -2.05. The second-order valence-electron chi connectivity index (χ2n) is 5.35. The number of aromatic nitrogens is 2. The van der Waals surface area contributed by atoms with Gasteiger partial charge in [0.25, 0.3) is 5.91 Å². The second-order valence-corrected chi connectivity index (χ2v) is 6.35. The average Bonchev–Trinajstić information content (AvgIpc) is 2.63. The molecule has 0 spiro atoms. The molecule has 0 aliphatic rings. The quantitative estimate of drug-likeness (QED) is 0.705. The number of nitrogens with one attached hydrogen (secondary N) is 1. The lowest BCUT2D eigenvalue weighted by molar-refractivity contribution is 0.102. The van der Waals surface area contributed by atoms with E-state index < -0.39 is 0 Å². The molecular weight excluding hydrogens is 318 g/mol. The van der Waals surface area contributed by atoms with Gasteiger partial charge in [0, 0.05) is 11.3 Å². The molecule has 0 radical (unpaired) electrons. The molecule has 0 fully saturated rings. The van der Waals surface area contributed by atoms with Crippen LogP contribution in [0.25, 0.3) is 0 Å². The summed E-state index contributed by atoms with van der Waals surface area (Å²) in [5.74, 6) is 1.10. The summed E-state index contributed by atoms with van der Waals surface area (Å²) < 4.78 is 0. The van der Waals surface area contributed by atoms with Gasteiger partial charge in [0.1, 0.15) is 5.03 Å². The molecule has 5 heteroatoms. The van der Waals surface area contributed by atoms with Crippen molar-refractivity contribution in [2.75, 3.05) is 5.32 Å². The maximum atomic E-state index is 12.1. The van der Waals surface area contributed by atoms with Gasteiger partial charge in [-0.05, 0) is 36.8 Å². The molecule has 0 aliphatic carbocycles. The highest BCUT2D eigenvalue weighted by Gasteiger charge is 2.06. The van der Waals surface area contributed by atoms with E-state index in [1.807, 2.05) is 24.3 Å². The third-order valence-electron chi connectivity index (χ3n) is 3.42. The van der Waals surface area contributed by atoms with Crippen molar-refractivity contribution in [2.24, 2.45) is 0 Å². The van der Waals surface area contributed by atoms with Crippen LogP contribution in [-0.2, 0) is 5.75 Å². The molecule has 120 valence electrons. The van der Waals surface area contributed by atoms with Crippen LogP contribution < -0.4 is 5.32 Å². The van der Waals surface area contributed by atoms with Crippen LogP contribution in [-0.4, -0.2) is 16.1 Å². The first kappa shape index (κ1) is 16.2. The zero-order valence-corrected chi connectivity index (χ0v) is 14.1. The summed E-state index contributed by atoms with van der Waals surface area (Å²) in [7, 11) is 0. The Bertz CT molecular complexity index is 802. The van der Waals surface area contributed by atoms with Crippen molar-refractivity contribution in [3.05, 3.63) is 83.4 Å². The van der Waals surface area contributed by atoms with Crippen LogP contribution in [0.1, 0.15) is 21.5 Å². The van der Waals surface area contributed by atoms with Crippen molar-refractivity contribution >= 4 is 23.5 Å². The number of anilines is 1. The maximum Gasteiger partial charge on any atom is 0.256 e. The van der Waals surface area contributed by atoms with E-state index in [9.17, 15) is 4.79 Å². The molecule has 0 saturated heterocycles. The fourth-order valence-corrected chi connectivity index (χ4v) is 2.85. The van der Waals surface area contributed by atoms with E-state index in [0.29, 0.717) is 11.4 Å². The first-order valence-electron chi connectivity index (χ1n) is 7.59. The topological polar surface area (TPSA) is 54.9 Å². The number of hydrogen-bond acceptors (Lipinski definition) is 4. The first-order valence-corrected chi connectivity index (χ1v) is 8.58. The molecule has 0 bridgehead atoms. The molecule has 1 aromatic heterocycles. The predicted octanol–water partition coefficient (Wildman–Crippen LogP) is 4.33. The third kappa shape index (κ3) is 4.43. The molecule has 1 heterocycles.